The van der Waals surface area contributed by atoms with Crippen molar-refractivity contribution < 1.29 is 4.74 Å². The smallest absolute Gasteiger partial charge is 0.118 e. The van der Waals surface area contributed by atoms with Crippen LogP contribution in [0.15, 0.2) is 72.8 Å². The van der Waals surface area contributed by atoms with Gasteiger partial charge in [0.05, 0.1) is 23.0 Å². The quantitative estimate of drug-likeness (QED) is 0.468. The lowest BCUT2D eigenvalue weighted by Crippen LogP contribution is -2.41. The van der Waals surface area contributed by atoms with Crippen molar-refractivity contribution in [1.29, 1.82) is 0 Å². The van der Waals surface area contributed by atoms with Crippen LogP contribution in [0.1, 0.15) is 17.7 Å². The summed E-state index contributed by atoms with van der Waals surface area (Å²) in [6.45, 7) is 0.514. The molecule has 0 bridgehead atoms. The SMILES string of the molecule is COc1ccc(-c2cccc(CC(N)(CCN)c3nsc4ccccc34)c2)cc1. The number of nitrogens with two attached hydrogens (primary N) is 2. The molecule has 4 nitrogen and oxygen atoms in total. The van der Waals surface area contributed by atoms with Crippen LogP contribution in [0.25, 0.3) is 21.2 Å². The summed E-state index contributed by atoms with van der Waals surface area (Å²) >= 11 is 1.50. The van der Waals surface area contributed by atoms with E-state index in [0.717, 1.165) is 32.7 Å². The highest BCUT2D eigenvalue weighted by molar-refractivity contribution is 7.13. The monoisotopic (exact) mass is 403 g/mol. The van der Waals surface area contributed by atoms with Crippen molar-refractivity contribution in [2.45, 2.75) is 18.4 Å². The summed E-state index contributed by atoms with van der Waals surface area (Å²) in [6, 6.07) is 24.9. The number of hydrogen-bond acceptors (Lipinski definition) is 5. The van der Waals surface area contributed by atoms with Crippen molar-refractivity contribution in [2.75, 3.05) is 13.7 Å². The second-order valence-electron chi connectivity index (χ2n) is 7.33. The third-order valence-electron chi connectivity index (χ3n) is 5.31. The van der Waals surface area contributed by atoms with Gasteiger partial charge in [-0.15, -0.1) is 0 Å². The normalized spacial score (nSPS) is 13.3. The summed E-state index contributed by atoms with van der Waals surface area (Å²) in [5, 5.41) is 1.12. The van der Waals surface area contributed by atoms with Crippen molar-refractivity contribution in [3.63, 3.8) is 0 Å². The predicted octanol–water partition coefficient (Wildman–Crippen LogP) is 4.72. The molecule has 4 aromatic rings. The third-order valence-corrected chi connectivity index (χ3v) is 6.14. The molecular formula is C24H25N3OS. The largest absolute Gasteiger partial charge is 0.497 e. The van der Waals surface area contributed by atoms with Gasteiger partial charge in [0.2, 0.25) is 0 Å². The first-order chi connectivity index (χ1) is 14.1. The molecule has 4 N–H and O–H groups in total. The number of hydrogen-bond donors (Lipinski definition) is 2. The van der Waals surface area contributed by atoms with Gasteiger partial charge in [-0.25, -0.2) is 0 Å². The van der Waals surface area contributed by atoms with Gasteiger partial charge < -0.3 is 16.2 Å². The first-order valence-corrected chi connectivity index (χ1v) is 10.5. The third kappa shape index (κ3) is 4.03. The molecular weight excluding hydrogens is 378 g/mol. The van der Waals surface area contributed by atoms with E-state index in [9.17, 15) is 0 Å². The maximum absolute atomic E-state index is 6.95. The standard InChI is InChI=1S/C24H25N3OS/c1-28-20-11-9-18(10-12-20)19-6-4-5-17(15-19)16-24(26,13-14-25)23-21-7-2-3-8-22(21)29-27-23/h2-12,15H,13-14,16,25-26H2,1H3. The second kappa shape index (κ2) is 8.33. The van der Waals surface area contributed by atoms with Crippen LogP contribution >= 0.6 is 11.5 Å². The molecule has 0 saturated heterocycles. The van der Waals surface area contributed by atoms with Crippen LogP contribution < -0.4 is 16.2 Å². The molecule has 5 heteroatoms. The Labute approximate surface area is 175 Å². The van der Waals surface area contributed by atoms with Crippen molar-refractivity contribution in [2.24, 2.45) is 11.5 Å². The van der Waals surface area contributed by atoms with Crippen molar-refractivity contribution in [3.05, 3.63) is 84.1 Å². The van der Waals surface area contributed by atoms with Gasteiger partial charge in [0.15, 0.2) is 0 Å². The van der Waals surface area contributed by atoms with Gasteiger partial charge in [0.1, 0.15) is 5.75 Å². The van der Waals surface area contributed by atoms with E-state index in [0.29, 0.717) is 19.4 Å². The molecule has 0 saturated carbocycles. The topological polar surface area (TPSA) is 74.2 Å². The Balaban J connectivity index is 1.68. The molecule has 0 radical (unpaired) electrons. The molecule has 0 aliphatic rings. The Morgan fingerprint density at radius 1 is 0.966 bits per heavy atom. The molecule has 0 aliphatic carbocycles. The molecule has 148 valence electrons. The lowest BCUT2D eigenvalue weighted by atomic mass is 9.83. The molecule has 1 heterocycles. The Kier molecular flexibility index (Phi) is 5.62. The summed E-state index contributed by atoms with van der Waals surface area (Å²) in [7, 11) is 1.68. The Hall–Kier alpha value is -2.73. The average Bonchev–Trinajstić information content (AvgIpc) is 3.19. The summed E-state index contributed by atoms with van der Waals surface area (Å²) in [5.74, 6) is 0.851. The summed E-state index contributed by atoms with van der Waals surface area (Å²) < 4.78 is 11.1. The minimum Gasteiger partial charge on any atom is -0.497 e. The second-order valence-corrected chi connectivity index (χ2v) is 8.13. The zero-order chi connectivity index (χ0) is 20.3. The van der Waals surface area contributed by atoms with E-state index in [2.05, 4.69) is 48.5 Å². The predicted molar refractivity (Wildman–Crippen MR) is 121 cm³/mol. The summed E-state index contributed by atoms with van der Waals surface area (Å²) in [5.41, 5.74) is 16.7. The lowest BCUT2D eigenvalue weighted by molar-refractivity contribution is 0.407. The maximum atomic E-state index is 6.95. The van der Waals surface area contributed by atoms with Gasteiger partial charge in [0, 0.05) is 5.39 Å². The molecule has 4 rings (SSSR count). The van der Waals surface area contributed by atoms with E-state index in [-0.39, 0.29) is 0 Å². The fourth-order valence-electron chi connectivity index (χ4n) is 3.80. The highest BCUT2D eigenvalue weighted by Gasteiger charge is 2.31. The van der Waals surface area contributed by atoms with Gasteiger partial charge in [-0.05, 0) is 65.8 Å². The zero-order valence-electron chi connectivity index (χ0n) is 16.5. The highest BCUT2D eigenvalue weighted by atomic mass is 32.1. The van der Waals surface area contributed by atoms with Crippen LogP contribution in [0.3, 0.4) is 0 Å². The molecule has 0 aliphatic heterocycles. The van der Waals surface area contributed by atoms with Crippen molar-refractivity contribution in [1.82, 2.24) is 4.37 Å². The fourth-order valence-corrected chi connectivity index (χ4v) is 4.67. The summed E-state index contributed by atoms with van der Waals surface area (Å²) in [6.07, 6.45) is 1.36. The van der Waals surface area contributed by atoms with Crippen LogP contribution in [0, 0.1) is 0 Å². The number of rotatable bonds is 7. The number of methoxy groups -OCH3 is 1. The number of aromatic nitrogens is 1. The van der Waals surface area contributed by atoms with Gasteiger partial charge in [-0.3, -0.25) is 0 Å². The van der Waals surface area contributed by atoms with E-state index in [4.69, 9.17) is 20.6 Å². The van der Waals surface area contributed by atoms with Crippen LogP contribution in [-0.4, -0.2) is 18.0 Å². The minimum absolute atomic E-state index is 0.514. The lowest BCUT2D eigenvalue weighted by Gasteiger charge is -2.28. The van der Waals surface area contributed by atoms with Gasteiger partial charge >= 0.3 is 0 Å². The molecule has 0 spiro atoms. The van der Waals surface area contributed by atoms with Crippen LogP contribution in [0.2, 0.25) is 0 Å². The van der Waals surface area contributed by atoms with Gasteiger partial charge in [0.25, 0.3) is 0 Å². The van der Waals surface area contributed by atoms with Crippen LogP contribution in [-0.2, 0) is 12.0 Å². The number of ether oxygens (including phenoxy) is 1. The van der Waals surface area contributed by atoms with E-state index in [1.165, 1.54) is 17.1 Å². The first-order valence-electron chi connectivity index (χ1n) is 9.70. The molecule has 0 fully saturated rings. The minimum atomic E-state index is -0.604. The van der Waals surface area contributed by atoms with E-state index >= 15 is 0 Å². The molecule has 29 heavy (non-hydrogen) atoms. The maximum Gasteiger partial charge on any atom is 0.118 e. The summed E-state index contributed by atoms with van der Waals surface area (Å²) in [4.78, 5) is 0. The highest BCUT2D eigenvalue weighted by Crippen LogP contribution is 2.34. The molecule has 3 aromatic carbocycles. The average molecular weight is 404 g/mol. The van der Waals surface area contributed by atoms with E-state index in [1.807, 2.05) is 24.3 Å². The fraction of sp³-hybridized carbons (Fsp3) is 0.208. The van der Waals surface area contributed by atoms with Gasteiger partial charge in [-0.2, -0.15) is 4.37 Å². The molecule has 1 aromatic heterocycles. The van der Waals surface area contributed by atoms with Crippen molar-refractivity contribution in [3.8, 4) is 16.9 Å². The molecule has 1 atom stereocenters. The van der Waals surface area contributed by atoms with E-state index in [1.54, 1.807) is 7.11 Å². The molecule has 1 unspecified atom stereocenters. The van der Waals surface area contributed by atoms with Gasteiger partial charge in [-0.1, -0.05) is 54.6 Å². The molecule has 0 amide bonds. The van der Waals surface area contributed by atoms with E-state index < -0.39 is 5.54 Å². The Bertz CT molecular complexity index is 1110. The van der Waals surface area contributed by atoms with Crippen molar-refractivity contribution >= 4 is 21.6 Å². The zero-order valence-corrected chi connectivity index (χ0v) is 17.3. The Morgan fingerprint density at radius 2 is 1.76 bits per heavy atom. The first kappa shape index (κ1) is 19.6. The number of fused-ring (bicyclic) bond motifs is 1. The van der Waals surface area contributed by atoms with Crippen LogP contribution in [0.5, 0.6) is 5.75 Å². The number of benzene rings is 3. The number of nitrogens with zero attached hydrogens (tertiary/aromatic N) is 1. The van der Waals surface area contributed by atoms with Crippen LogP contribution in [0.4, 0.5) is 0 Å². The Morgan fingerprint density at radius 3 is 2.52 bits per heavy atom.